The number of hydrogen-bond donors (Lipinski definition) is 0. The molecule has 0 N–H and O–H groups in total. The smallest absolute Gasteiger partial charge is 0.140 e. The van der Waals surface area contributed by atoms with Crippen LogP contribution in [0.15, 0.2) is 12.2 Å². The third-order valence-electron chi connectivity index (χ3n) is 3.85. The lowest BCUT2D eigenvalue weighted by atomic mass is 9.54. The largest absolute Gasteiger partial charge is 0.299 e. The molecule has 0 radical (unpaired) electrons. The van der Waals surface area contributed by atoms with Crippen LogP contribution in [0.1, 0.15) is 33.1 Å². The van der Waals surface area contributed by atoms with Crippen molar-refractivity contribution in [2.24, 2.45) is 17.3 Å². The molecule has 0 aromatic rings. The van der Waals surface area contributed by atoms with Crippen molar-refractivity contribution in [3.8, 4) is 0 Å². The van der Waals surface area contributed by atoms with E-state index in [1.807, 2.05) is 0 Å². The van der Waals surface area contributed by atoms with Gasteiger partial charge < -0.3 is 0 Å². The van der Waals surface area contributed by atoms with Gasteiger partial charge in [-0.3, -0.25) is 4.79 Å². The van der Waals surface area contributed by atoms with Gasteiger partial charge in [-0.1, -0.05) is 26.0 Å². The van der Waals surface area contributed by atoms with E-state index in [1.165, 1.54) is 5.57 Å². The maximum Gasteiger partial charge on any atom is 0.140 e. The van der Waals surface area contributed by atoms with Crippen molar-refractivity contribution in [2.75, 3.05) is 0 Å². The molecule has 0 unspecified atom stereocenters. The third-order valence-corrected chi connectivity index (χ3v) is 3.85. The van der Waals surface area contributed by atoms with Crippen molar-refractivity contribution in [3.63, 3.8) is 0 Å². The predicted octanol–water partition coefficient (Wildman–Crippen LogP) is 2.57. The van der Waals surface area contributed by atoms with Gasteiger partial charge in [0, 0.05) is 12.3 Å². The van der Waals surface area contributed by atoms with Crippen LogP contribution in [0, 0.1) is 17.3 Å². The predicted molar refractivity (Wildman–Crippen MR) is 48.8 cm³/mol. The second-order valence-electron chi connectivity index (χ2n) is 4.62. The van der Waals surface area contributed by atoms with Crippen LogP contribution in [0.2, 0.25) is 0 Å². The maximum absolute atomic E-state index is 11.5. The van der Waals surface area contributed by atoms with E-state index in [4.69, 9.17) is 0 Å². The second kappa shape index (κ2) is 2.21. The Morgan fingerprint density at radius 2 is 2.25 bits per heavy atom. The first-order valence-corrected chi connectivity index (χ1v) is 4.78. The molecule has 0 spiro atoms. The zero-order chi connectivity index (χ0) is 8.93. The summed E-state index contributed by atoms with van der Waals surface area (Å²) in [5.74, 6) is 1.32. The highest BCUT2D eigenvalue weighted by Crippen LogP contribution is 2.62. The molecule has 66 valence electrons. The van der Waals surface area contributed by atoms with Gasteiger partial charge in [-0.2, -0.15) is 0 Å². The summed E-state index contributed by atoms with van der Waals surface area (Å²) in [7, 11) is 0. The van der Waals surface area contributed by atoms with E-state index >= 15 is 0 Å². The number of ketones is 1. The van der Waals surface area contributed by atoms with E-state index in [9.17, 15) is 4.79 Å². The number of Topliss-reactive ketones (excluding diaryl/α,β-unsaturated/α-hetero) is 1. The van der Waals surface area contributed by atoms with E-state index in [2.05, 4.69) is 20.4 Å². The van der Waals surface area contributed by atoms with Crippen LogP contribution in [-0.2, 0) is 4.79 Å². The molecule has 1 heteroatoms. The third kappa shape index (κ3) is 0.720. The molecular weight excluding hydrogens is 148 g/mol. The molecule has 0 bridgehead atoms. The highest BCUT2D eigenvalue weighted by atomic mass is 16.1. The average molecular weight is 164 g/mol. The molecule has 0 saturated heterocycles. The maximum atomic E-state index is 11.5. The minimum absolute atomic E-state index is 0.234. The molecule has 0 heterocycles. The highest BCUT2D eigenvalue weighted by Gasteiger charge is 2.58. The summed E-state index contributed by atoms with van der Waals surface area (Å²) in [6.45, 7) is 8.43. The molecule has 2 aliphatic rings. The van der Waals surface area contributed by atoms with Crippen LogP contribution in [0.3, 0.4) is 0 Å². The molecule has 2 saturated carbocycles. The second-order valence-corrected chi connectivity index (χ2v) is 4.62. The van der Waals surface area contributed by atoms with Crippen molar-refractivity contribution in [3.05, 3.63) is 12.2 Å². The van der Waals surface area contributed by atoms with Crippen molar-refractivity contribution in [1.82, 2.24) is 0 Å². The molecule has 0 aliphatic heterocycles. The molecule has 0 amide bonds. The van der Waals surface area contributed by atoms with Gasteiger partial charge in [-0.05, 0) is 24.2 Å². The lowest BCUT2D eigenvalue weighted by Gasteiger charge is -2.49. The van der Waals surface area contributed by atoms with E-state index < -0.39 is 0 Å². The Morgan fingerprint density at radius 3 is 2.67 bits per heavy atom. The minimum atomic E-state index is 0.234. The lowest BCUT2D eigenvalue weighted by Crippen LogP contribution is -2.44. The number of rotatable bonds is 1. The van der Waals surface area contributed by atoms with E-state index in [0.29, 0.717) is 17.1 Å². The molecule has 2 rings (SSSR count). The fraction of sp³-hybridized carbons (Fsp3) is 0.727. The molecule has 2 fully saturated rings. The van der Waals surface area contributed by atoms with Gasteiger partial charge in [-0.15, -0.1) is 0 Å². The Labute approximate surface area is 73.8 Å². The van der Waals surface area contributed by atoms with E-state index in [0.717, 1.165) is 19.3 Å². The first-order valence-electron chi connectivity index (χ1n) is 4.78. The van der Waals surface area contributed by atoms with Crippen LogP contribution < -0.4 is 0 Å². The normalized spacial score (nSPS) is 40.1. The molecule has 2 aliphatic carbocycles. The molecular formula is C11H16O. The highest BCUT2D eigenvalue weighted by molar-refractivity contribution is 5.89. The summed E-state index contributed by atoms with van der Waals surface area (Å²) < 4.78 is 0. The fourth-order valence-electron chi connectivity index (χ4n) is 3.01. The lowest BCUT2D eigenvalue weighted by molar-refractivity contribution is -0.123. The first kappa shape index (κ1) is 8.03. The molecule has 2 atom stereocenters. The minimum Gasteiger partial charge on any atom is -0.299 e. The van der Waals surface area contributed by atoms with Gasteiger partial charge >= 0.3 is 0 Å². The average Bonchev–Trinajstić information content (AvgIpc) is 2.21. The number of hydrogen-bond acceptors (Lipinski definition) is 1. The quantitative estimate of drug-likeness (QED) is 0.544. The van der Waals surface area contributed by atoms with E-state index in [1.54, 1.807) is 0 Å². The van der Waals surface area contributed by atoms with Gasteiger partial charge in [0.15, 0.2) is 0 Å². The Hall–Kier alpha value is -0.590. The Kier molecular flexibility index (Phi) is 1.48. The topological polar surface area (TPSA) is 17.1 Å². The Bertz CT molecular complexity index is 252. The Morgan fingerprint density at radius 1 is 1.58 bits per heavy atom. The van der Waals surface area contributed by atoms with E-state index in [-0.39, 0.29) is 5.92 Å². The zero-order valence-corrected chi connectivity index (χ0v) is 7.89. The van der Waals surface area contributed by atoms with Crippen molar-refractivity contribution < 1.29 is 4.79 Å². The van der Waals surface area contributed by atoms with Gasteiger partial charge in [0.05, 0.1) is 0 Å². The summed E-state index contributed by atoms with van der Waals surface area (Å²) in [4.78, 5) is 11.5. The van der Waals surface area contributed by atoms with Gasteiger partial charge in [0.1, 0.15) is 5.78 Å². The summed E-state index contributed by atoms with van der Waals surface area (Å²) >= 11 is 0. The summed E-state index contributed by atoms with van der Waals surface area (Å²) in [5.41, 5.74) is 1.51. The van der Waals surface area contributed by atoms with Crippen LogP contribution in [0.5, 0.6) is 0 Å². The first-order chi connectivity index (χ1) is 5.58. The summed E-state index contributed by atoms with van der Waals surface area (Å²) in [6.07, 6.45) is 3.00. The Balaban J connectivity index is 2.30. The van der Waals surface area contributed by atoms with Gasteiger partial charge in [0.25, 0.3) is 0 Å². The van der Waals surface area contributed by atoms with Gasteiger partial charge in [0.2, 0.25) is 0 Å². The van der Waals surface area contributed by atoms with Crippen LogP contribution in [-0.4, -0.2) is 5.78 Å². The molecule has 0 aromatic carbocycles. The number of fused-ring (bicyclic) bond motifs is 1. The van der Waals surface area contributed by atoms with Crippen LogP contribution in [0.4, 0.5) is 0 Å². The summed E-state index contributed by atoms with van der Waals surface area (Å²) in [6, 6.07) is 0. The monoisotopic (exact) mass is 164 g/mol. The van der Waals surface area contributed by atoms with Crippen molar-refractivity contribution in [1.29, 1.82) is 0 Å². The number of carbonyl (C=O) groups is 1. The molecule has 0 aromatic heterocycles. The fourth-order valence-corrected chi connectivity index (χ4v) is 3.01. The van der Waals surface area contributed by atoms with Crippen LogP contribution >= 0.6 is 0 Å². The molecule has 1 nitrogen and oxygen atoms in total. The zero-order valence-electron chi connectivity index (χ0n) is 7.89. The number of allylic oxidation sites excluding steroid dienone is 1. The summed E-state index contributed by atoms with van der Waals surface area (Å²) in [5, 5.41) is 0. The van der Waals surface area contributed by atoms with Gasteiger partial charge in [-0.25, -0.2) is 0 Å². The van der Waals surface area contributed by atoms with Crippen molar-refractivity contribution in [2.45, 2.75) is 33.1 Å². The van der Waals surface area contributed by atoms with Crippen LogP contribution in [0.25, 0.3) is 0 Å². The number of carbonyl (C=O) groups excluding carboxylic acids is 1. The molecule has 12 heavy (non-hydrogen) atoms. The standard InChI is InChI=1S/C11H16O/c1-7(2)11-5-4-9(12)10(11)8(3)6-11/h7,10H,3-6H2,1-2H3/t10-,11-/m0/s1. The van der Waals surface area contributed by atoms with Crippen molar-refractivity contribution >= 4 is 5.78 Å². The SMILES string of the molecule is C=C1C[C@]2(C(C)C)CCC(=O)[C@H]12.